The maximum absolute atomic E-state index is 10.1. The Hall–Kier alpha value is -0.420. The van der Waals surface area contributed by atoms with Gasteiger partial charge in [0, 0.05) is 24.0 Å². The molecule has 2 rings (SSSR count). The number of thiophene rings is 1. The third-order valence-electron chi connectivity index (χ3n) is 4.02. The number of aliphatic hydroxyl groups is 1. The van der Waals surface area contributed by atoms with Crippen molar-refractivity contribution in [2.45, 2.75) is 45.3 Å². The number of fused-ring (bicyclic) bond motifs is 1. The molecule has 0 aliphatic heterocycles. The first-order valence-electron chi connectivity index (χ1n) is 7.44. The van der Waals surface area contributed by atoms with Crippen molar-refractivity contribution in [1.29, 1.82) is 0 Å². The topological polar surface area (TPSA) is 35.5 Å². The third-order valence-corrected chi connectivity index (χ3v) is 5.01. The summed E-state index contributed by atoms with van der Waals surface area (Å²) in [5.74, 6) is 0. The fourth-order valence-corrected chi connectivity index (χ4v) is 3.81. The number of nitrogens with one attached hydrogen (secondary N) is 1. The number of hydrogen-bond acceptors (Lipinski definition) is 4. The first-order valence-corrected chi connectivity index (χ1v) is 8.32. The molecule has 2 N–H and O–H groups in total. The maximum atomic E-state index is 10.1. The van der Waals surface area contributed by atoms with Crippen LogP contribution in [0.2, 0.25) is 0 Å². The molecule has 1 aliphatic rings. The van der Waals surface area contributed by atoms with Gasteiger partial charge in [0.1, 0.15) is 0 Å². The van der Waals surface area contributed by atoms with Gasteiger partial charge in [-0.3, -0.25) is 0 Å². The van der Waals surface area contributed by atoms with Crippen molar-refractivity contribution < 1.29 is 5.11 Å². The Bertz CT molecular complexity index is 376. The summed E-state index contributed by atoms with van der Waals surface area (Å²) >= 11 is 1.87. The van der Waals surface area contributed by atoms with Gasteiger partial charge in [0.05, 0.1) is 6.10 Å². The van der Waals surface area contributed by atoms with E-state index in [1.54, 1.807) is 0 Å². The summed E-state index contributed by atoms with van der Waals surface area (Å²) in [7, 11) is 0. The van der Waals surface area contributed by atoms with Gasteiger partial charge >= 0.3 is 0 Å². The van der Waals surface area contributed by atoms with Gasteiger partial charge in [-0.25, -0.2) is 0 Å². The number of likely N-dealkylation sites (N-methyl/N-ethyl adjacent to an activating group) is 1. The minimum Gasteiger partial charge on any atom is -0.390 e. The molecule has 0 spiro atoms. The van der Waals surface area contributed by atoms with Crippen LogP contribution in [-0.4, -0.2) is 42.3 Å². The Morgan fingerprint density at radius 2 is 2.26 bits per heavy atom. The molecule has 0 saturated heterocycles. The molecule has 0 fully saturated rings. The molecule has 19 heavy (non-hydrogen) atoms. The predicted molar refractivity (Wildman–Crippen MR) is 81.8 cm³/mol. The lowest BCUT2D eigenvalue weighted by molar-refractivity contribution is 0.113. The van der Waals surface area contributed by atoms with Crippen molar-refractivity contribution >= 4 is 11.3 Å². The van der Waals surface area contributed by atoms with E-state index in [0.717, 1.165) is 19.6 Å². The summed E-state index contributed by atoms with van der Waals surface area (Å²) in [4.78, 5) is 3.80. The summed E-state index contributed by atoms with van der Waals surface area (Å²) in [6, 6.07) is 2.69. The summed E-state index contributed by atoms with van der Waals surface area (Å²) in [5, 5.41) is 15.8. The van der Waals surface area contributed by atoms with Gasteiger partial charge in [-0.2, -0.15) is 0 Å². The fourth-order valence-electron chi connectivity index (χ4n) is 2.82. The van der Waals surface area contributed by atoms with E-state index in [9.17, 15) is 5.11 Å². The molecular formula is C15H26N2OS. The third kappa shape index (κ3) is 4.02. The highest BCUT2D eigenvalue weighted by molar-refractivity contribution is 7.10. The van der Waals surface area contributed by atoms with Crippen molar-refractivity contribution in [2.24, 2.45) is 0 Å². The van der Waals surface area contributed by atoms with Crippen LogP contribution in [0.3, 0.4) is 0 Å². The van der Waals surface area contributed by atoms with Gasteiger partial charge in [0.15, 0.2) is 0 Å². The van der Waals surface area contributed by atoms with E-state index in [2.05, 4.69) is 35.5 Å². The predicted octanol–water partition coefficient (Wildman–Crippen LogP) is 2.42. The molecule has 1 aliphatic carbocycles. The van der Waals surface area contributed by atoms with Crippen LogP contribution in [-0.2, 0) is 6.42 Å². The summed E-state index contributed by atoms with van der Waals surface area (Å²) in [6.07, 6.45) is 3.41. The smallest absolute Gasteiger partial charge is 0.0791 e. The molecule has 0 radical (unpaired) electrons. The van der Waals surface area contributed by atoms with E-state index >= 15 is 0 Å². The fraction of sp³-hybridized carbons (Fsp3) is 0.733. The molecule has 1 aromatic rings. The van der Waals surface area contributed by atoms with Crippen LogP contribution in [0, 0.1) is 0 Å². The van der Waals surface area contributed by atoms with Crippen LogP contribution in [0.1, 0.15) is 43.2 Å². The van der Waals surface area contributed by atoms with Crippen LogP contribution < -0.4 is 5.32 Å². The van der Waals surface area contributed by atoms with E-state index in [1.807, 2.05) is 11.3 Å². The standard InChI is InChI=1S/C15H26N2OS/c1-3-17(4-2)11-12(18)10-16-14-6-5-7-15-13(14)8-9-19-15/h8-9,12,14,16,18H,3-7,10-11H2,1-2H3. The molecule has 1 heterocycles. The summed E-state index contributed by atoms with van der Waals surface area (Å²) < 4.78 is 0. The Morgan fingerprint density at radius 3 is 3.00 bits per heavy atom. The number of aliphatic hydroxyl groups excluding tert-OH is 1. The molecule has 0 amide bonds. The molecule has 4 heteroatoms. The average molecular weight is 282 g/mol. The lowest BCUT2D eigenvalue weighted by Gasteiger charge is -2.27. The molecule has 108 valence electrons. The van der Waals surface area contributed by atoms with Gasteiger partial charge in [0.25, 0.3) is 0 Å². The first-order chi connectivity index (χ1) is 9.24. The summed E-state index contributed by atoms with van der Waals surface area (Å²) in [5.41, 5.74) is 1.46. The van der Waals surface area contributed by atoms with Crippen LogP contribution in [0.4, 0.5) is 0 Å². The highest BCUT2D eigenvalue weighted by atomic mass is 32.1. The van der Waals surface area contributed by atoms with Gasteiger partial charge in [-0.05, 0) is 49.4 Å². The number of hydrogen-bond donors (Lipinski definition) is 2. The molecule has 3 nitrogen and oxygen atoms in total. The molecule has 2 unspecified atom stereocenters. The van der Waals surface area contributed by atoms with Crippen molar-refractivity contribution in [3.63, 3.8) is 0 Å². The second-order valence-corrected chi connectivity index (χ2v) is 6.29. The zero-order valence-corrected chi connectivity index (χ0v) is 12.9. The van der Waals surface area contributed by atoms with E-state index in [1.165, 1.54) is 29.7 Å². The van der Waals surface area contributed by atoms with E-state index in [-0.39, 0.29) is 6.10 Å². The second-order valence-electron chi connectivity index (χ2n) is 5.29. The average Bonchev–Trinajstić information content (AvgIpc) is 2.91. The Morgan fingerprint density at radius 1 is 1.47 bits per heavy atom. The lowest BCUT2D eigenvalue weighted by Crippen LogP contribution is -2.39. The normalized spacial score (nSPS) is 20.5. The van der Waals surface area contributed by atoms with Crippen molar-refractivity contribution in [3.05, 3.63) is 21.9 Å². The van der Waals surface area contributed by atoms with Gasteiger partial charge in [0.2, 0.25) is 0 Å². The molecule has 0 bridgehead atoms. The van der Waals surface area contributed by atoms with Gasteiger partial charge in [-0.15, -0.1) is 11.3 Å². The lowest BCUT2D eigenvalue weighted by atomic mass is 9.94. The molecule has 1 aromatic heterocycles. The van der Waals surface area contributed by atoms with E-state index in [0.29, 0.717) is 12.6 Å². The van der Waals surface area contributed by atoms with Crippen molar-refractivity contribution in [2.75, 3.05) is 26.2 Å². The minimum atomic E-state index is -0.274. The van der Waals surface area contributed by atoms with Gasteiger partial charge in [-0.1, -0.05) is 13.8 Å². The van der Waals surface area contributed by atoms with E-state index < -0.39 is 0 Å². The monoisotopic (exact) mass is 282 g/mol. The number of rotatable bonds is 7. The quantitative estimate of drug-likeness (QED) is 0.806. The van der Waals surface area contributed by atoms with Crippen LogP contribution in [0.15, 0.2) is 11.4 Å². The summed E-state index contributed by atoms with van der Waals surface area (Å²) in [6.45, 7) is 7.75. The molecule has 0 aromatic carbocycles. The zero-order chi connectivity index (χ0) is 13.7. The number of nitrogens with zero attached hydrogens (tertiary/aromatic N) is 1. The Labute approximate surface area is 120 Å². The van der Waals surface area contributed by atoms with Crippen molar-refractivity contribution in [3.8, 4) is 0 Å². The molecule has 2 atom stereocenters. The minimum absolute atomic E-state index is 0.274. The molecule has 0 saturated carbocycles. The van der Waals surface area contributed by atoms with Gasteiger partial charge < -0.3 is 15.3 Å². The van der Waals surface area contributed by atoms with Crippen molar-refractivity contribution in [1.82, 2.24) is 10.2 Å². The largest absolute Gasteiger partial charge is 0.390 e. The van der Waals surface area contributed by atoms with Crippen LogP contribution >= 0.6 is 11.3 Å². The highest BCUT2D eigenvalue weighted by Crippen LogP contribution is 2.33. The second kappa shape index (κ2) is 7.39. The van der Waals surface area contributed by atoms with E-state index in [4.69, 9.17) is 0 Å². The zero-order valence-electron chi connectivity index (χ0n) is 12.1. The molecular weight excluding hydrogens is 256 g/mol. The Balaban J connectivity index is 1.80. The van der Waals surface area contributed by atoms with Crippen LogP contribution in [0.25, 0.3) is 0 Å². The SMILES string of the molecule is CCN(CC)CC(O)CNC1CCCc2sccc21. The van der Waals surface area contributed by atoms with Crippen LogP contribution in [0.5, 0.6) is 0 Å². The highest BCUT2D eigenvalue weighted by Gasteiger charge is 2.21. The Kier molecular flexibility index (Phi) is 5.82. The maximum Gasteiger partial charge on any atom is 0.0791 e. The first kappa shape index (κ1) is 15.0. The number of aryl methyl sites for hydroxylation is 1.